The molecule has 3 nitrogen and oxygen atoms in total. The summed E-state index contributed by atoms with van der Waals surface area (Å²) < 4.78 is 2.62. The fraction of sp³-hybridized carbons (Fsp3) is 0.333. The van der Waals surface area contributed by atoms with Gasteiger partial charge in [0.2, 0.25) is 0 Å². The van der Waals surface area contributed by atoms with E-state index in [-0.39, 0.29) is 5.56 Å². The molecule has 0 atom stereocenters. The summed E-state index contributed by atoms with van der Waals surface area (Å²) in [4.78, 5) is 14.8. The molecule has 4 heteroatoms. The predicted molar refractivity (Wildman–Crippen MR) is 78.1 cm³/mol. The molecule has 1 N–H and O–H groups in total. The lowest BCUT2D eigenvalue weighted by molar-refractivity contribution is 0.589. The Kier molecular flexibility index (Phi) is 3.34. The van der Waals surface area contributed by atoms with Crippen LogP contribution in [0.4, 0.5) is 0 Å². The number of benzene rings is 1. The molecule has 1 aromatic carbocycles. The quantitative estimate of drug-likeness (QED) is 0.854. The smallest absolute Gasteiger partial charge is 0.255 e. The van der Waals surface area contributed by atoms with Gasteiger partial charge in [-0.3, -0.25) is 9.78 Å². The van der Waals surface area contributed by atoms with E-state index in [0.29, 0.717) is 4.77 Å². The zero-order valence-corrected chi connectivity index (χ0v) is 11.5. The van der Waals surface area contributed by atoms with Crippen LogP contribution in [0.5, 0.6) is 0 Å². The topological polar surface area (TPSA) is 37.8 Å². The Balaban J connectivity index is 2.11. The standard InChI is InChI=1S/C15H16N2OS/c18-14-12-8-4-5-9-13(12)17(15(19)16-14)10-11-6-2-1-3-7-11/h1-3,6-7H,4-5,8-10H2,(H,16,18,19). The van der Waals surface area contributed by atoms with Gasteiger partial charge in [0.05, 0.1) is 0 Å². The third-order valence-corrected chi connectivity index (χ3v) is 4.01. The Labute approximate surface area is 116 Å². The van der Waals surface area contributed by atoms with Crippen LogP contribution in [0.1, 0.15) is 29.7 Å². The number of nitrogens with one attached hydrogen (secondary N) is 1. The van der Waals surface area contributed by atoms with Gasteiger partial charge in [0.25, 0.3) is 5.56 Å². The van der Waals surface area contributed by atoms with E-state index in [1.54, 1.807) is 0 Å². The van der Waals surface area contributed by atoms with Crippen LogP contribution in [0.15, 0.2) is 35.1 Å². The minimum absolute atomic E-state index is 0.00371. The SMILES string of the molecule is O=c1[nH]c(=S)n(Cc2ccccc2)c2c1CCCC2. The summed E-state index contributed by atoms with van der Waals surface area (Å²) in [5, 5.41) is 0. The predicted octanol–water partition coefficient (Wildman–Crippen LogP) is 2.83. The lowest BCUT2D eigenvalue weighted by Gasteiger charge is -2.20. The highest BCUT2D eigenvalue weighted by molar-refractivity contribution is 7.71. The molecule has 2 aromatic rings. The zero-order chi connectivity index (χ0) is 13.2. The number of hydrogen-bond acceptors (Lipinski definition) is 2. The molecule has 0 fully saturated rings. The molecular formula is C15H16N2OS. The molecule has 0 bridgehead atoms. The Hall–Kier alpha value is -1.68. The summed E-state index contributed by atoms with van der Waals surface area (Å²) in [7, 11) is 0. The Morgan fingerprint density at radius 1 is 1.16 bits per heavy atom. The third kappa shape index (κ3) is 2.40. The Morgan fingerprint density at radius 2 is 1.89 bits per heavy atom. The molecule has 0 aliphatic heterocycles. The van der Waals surface area contributed by atoms with Gasteiger partial charge in [0, 0.05) is 17.8 Å². The second-order valence-corrected chi connectivity index (χ2v) is 5.35. The molecule has 1 aliphatic rings. The van der Waals surface area contributed by atoms with Crippen LogP contribution in [0.2, 0.25) is 0 Å². The van der Waals surface area contributed by atoms with Gasteiger partial charge in [-0.2, -0.15) is 0 Å². The van der Waals surface area contributed by atoms with E-state index in [0.717, 1.165) is 43.5 Å². The molecular weight excluding hydrogens is 256 g/mol. The minimum atomic E-state index is 0.00371. The fourth-order valence-corrected chi connectivity index (χ4v) is 3.00. The molecule has 0 spiro atoms. The van der Waals surface area contributed by atoms with Gasteiger partial charge in [0.15, 0.2) is 4.77 Å². The van der Waals surface area contributed by atoms with Crippen LogP contribution < -0.4 is 5.56 Å². The summed E-state index contributed by atoms with van der Waals surface area (Å²) in [6, 6.07) is 10.2. The summed E-state index contributed by atoms with van der Waals surface area (Å²) in [6.07, 6.45) is 4.06. The first kappa shape index (κ1) is 12.4. The van der Waals surface area contributed by atoms with Gasteiger partial charge < -0.3 is 4.57 Å². The first-order valence-corrected chi connectivity index (χ1v) is 7.05. The number of fused-ring (bicyclic) bond motifs is 1. The minimum Gasteiger partial charge on any atom is -0.318 e. The number of aromatic nitrogens is 2. The normalized spacial score (nSPS) is 14.1. The van der Waals surface area contributed by atoms with Crippen molar-refractivity contribution in [3.05, 3.63) is 62.3 Å². The molecule has 0 saturated heterocycles. The molecule has 19 heavy (non-hydrogen) atoms. The third-order valence-electron chi connectivity index (χ3n) is 3.69. The van der Waals surface area contributed by atoms with Crippen molar-refractivity contribution in [2.75, 3.05) is 0 Å². The molecule has 3 rings (SSSR count). The molecule has 0 saturated carbocycles. The van der Waals surface area contributed by atoms with Gasteiger partial charge in [-0.25, -0.2) is 0 Å². The maximum Gasteiger partial charge on any atom is 0.255 e. The molecule has 1 aromatic heterocycles. The first-order chi connectivity index (χ1) is 9.25. The van der Waals surface area contributed by atoms with Crippen LogP contribution >= 0.6 is 12.2 Å². The molecule has 0 radical (unpaired) electrons. The van der Waals surface area contributed by atoms with Crippen molar-refractivity contribution in [1.29, 1.82) is 0 Å². The van der Waals surface area contributed by atoms with E-state index >= 15 is 0 Å². The van der Waals surface area contributed by atoms with Gasteiger partial charge in [-0.05, 0) is 43.5 Å². The molecule has 0 amide bonds. The zero-order valence-electron chi connectivity index (χ0n) is 10.7. The van der Waals surface area contributed by atoms with E-state index in [4.69, 9.17) is 12.2 Å². The monoisotopic (exact) mass is 272 g/mol. The van der Waals surface area contributed by atoms with Crippen molar-refractivity contribution in [2.45, 2.75) is 32.2 Å². The molecule has 98 valence electrons. The average Bonchev–Trinajstić information content (AvgIpc) is 2.45. The maximum atomic E-state index is 12.0. The highest BCUT2D eigenvalue weighted by atomic mass is 32.1. The summed E-state index contributed by atoms with van der Waals surface area (Å²) >= 11 is 5.33. The van der Waals surface area contributed by atoms with Gasteiger partial charge >= 0.3 is 0 Å². The van der Waals surface area contributed by atoms with E-state index in [9.17, 15) is 4.79 Å². The maximum absolute atomic E-state index is 12.0. The number of nitrogens with zero attached hydrogens (tertiary/aromatic N) is 1. The Morgan fingerprint density at radius 3 is 2.68 bits per heavy atom. The number of H-pyrrole nitrogens is 1. The van der Waals surface area contributed by atoms with E-state index < -0.39 is 0 Å². The Bertz CT molecular complexity index is 700. The summed E-state index contributed by atoms with van der Waals surface area (Å²) in [5.74, 6) is 0. The average molecular weight is 272 g/mol. The summed E-state index contributed by atoms with van der Waals surface area (Å²) in [6.45, 7) is 0.735. The van der Waals surface area contributed by atoms with Crippen molar-refractivity contribution in [1.82, 2.24) is 9.55 Å². The van der Waals surface area contributed by atoms with Crippen molar-refractivity contribution >= 4 is 12.2 Å². The first-order valence-electron chi connectivity index (χ1n) is 6.64. The highest BCUT2D eigenvalue weighted by Gasteiger charge is 2.17. The van der Waals surface area contributed by atoms with Crippen LogP contribution in [-0.2, 0) is 19.4 Å². The van der Waals surface area contributed by atoms with Gasteiger partial charge in [0.1, 0.15) is 0 Å². The number of rotatable bonds is 2. The van der Waals surface area contributed by atoms with E-state index in [2.05, 4.69) is 21.7 Å². The lowest BCUT2D eigenvalue weighted by atomic mass is 9.96. The molecule has 1 aliphatic carbocycles. The lowest BCUT2D eigenvalue weighted by Crippen LogP contribution is -2.26. The van der Waals surface area contributed by atoms with Gasteiger partial charge in [-0.15, -0.1) is 0 Å². The van der Waals surface area contributed by atoms with E-state index in [1.807, 2.05) is 18.2 Å². The second kappa shape index (κ2) is 5.13. The van der Waals surface area contributed by atoms with Crippen molar-refractivity contribution in [3.8, 4) is 0 Å². The highest BCUT2D eigenvalue weighted by Crippen LogP contribution is 2.19. The fourth-order valence-electron chi connectivity index (χ4n) is 2.73. The van der Waals surface area contributed by atoms with Crippen LogP contribution in [0.3, 0.4) is 0 Å². The summed E-state index contributed by atoms with van der Waals surface area (Å²) in [5.41, 5.74) is 3.27. The van der Waals surface area contributed by atoms with Crippen LogP contribution in [-0.4, -0.2) is 9.55 Å². The molecule has 0 unspecified atom stereocenters. The largest absolute Gasteiger partial charge is 0.318 e. The van der Waals surface area contributed by atoms with Crippen LogP contribution in [0, 0.1) is 4.77 Å². The second-order valence-electron chi connectivity index (χ2n) is 4.96. The number of aromatic amines is 1. The van der Waals surface area contributed by atoms with Crippen molar-refractivity contribution < 1.29 is 0 Å². The number of hydrogen-bond donors (Lipinski definition) is 1. The van der Waals surface area contributed by atoms with Gasteiger partial charge in [-0.1, -0.05) is 30.3 Å². The van der Waals surface area contributed by atoms with Crippen LogP contribution in [0.25, 0.3) is 0 Å². The van der Waals surface area contributed by atoms with Crippen molar-refractivity contribution in [3.63, 3.8) is 0 Å². The molecule has 1 heterocycles. The van der Waals surface area contributed by atoms with Crippen molar-refractivity contribution in [2.24, 2.45) is 0 Å². The van der Waals surface area contributed by atoms with E-state index in [1.165, 1.54) is 5.56 Å².